The third kappa shape index (κ3) is 3.49. The lowest BCUT2D eigenvalue weighted by Gasteiger charge is -2.35. The highest BCUT2D eigenvalue weighted by molar-refractivity contribution is 9.10. The van der Waals surface area contributed by atoms with Gasteiger partial charge in [-0.3, -0.25) is 4.98 Å². The van der Waals surface area contributed by atoms with E-state index in [2.05, 4.69) is 26.1 Å². The maximum absolute atomic E-state index is 15.1. The Morgan fingerprint density at radius 3 is 2.41 bits per heavy atom. The Morgan fingerprint density at radius 2 is 1.81 bits per heavy atom. The highest BCUT2D eigenvalue weighted by Gasteiger charge is 2.42. The fraction of sp³-hybridized carbons (Fsp3) is 0.143. The molecule has 3 rings (SSSR count). The SMILES string of the molecule is C/C(=N/O)C(c1ccc(Br)cc1)(c1ccnc(C)c1)c1ccc(Cl)cc1F. The van der Waals surface area contributed by atoms with Crippen molar-refractivity contribution in [3.05, 3.63) is 98.5 Å². The molecule has 27 heavy (non-hydrogen) atoms. The molecule has 3 aromatic rings. The minimum Gasteiger partial charge on any atom is -0.411 e. The molecule has 0 fully saturated rings. The lowest BCUT2D eigenvalue weighted by molar-refractivity contribution is 0.315. The Bertz CT molecular complexity index is 1010. The molecule has 0 saturated heterocycles. The number of nitrogens with zero attached hydrogens (tertiary/aromatic N) is 2. The molecule has 0 aliphatic heterocycles. The number of aromatic nitrogens is 1. The molecule has 0 amide bonds. The number of halogens is 3. The Morgan fingerprint density at radius 1 is 1.11 bits per heavy atom. The van der Waals surface area contributed by atoms with Crippen molar-refractivity contribution in [3.8, 4) is 0 Å². The highest BCUT2D eigenvalue weighted by atomic mass is 79.9. The van der Waals surface area contributed by atoms with Crippen molar-refractivity contribution in [2.75, 3.05) is 0 Å². The number of hydrogen-bond acceptors (Lipinski definition) is 3. The molecule has 2 aromatic carbocycles. The average molecular weight is 448 g/mol. The van der Waals surface area contributed by atoms with Crippen molar-refractivity contribution < 1.29 is 9.60 Å². The first-order chi connectivity index (χ1) is 12.9. The van der Waals surface area contributed by atoms with Crippen LogP contribution in [0.3, 0.4) is 0 Å². The van der Waals surface area contributed by atoms with Gasteiger partial charge < -0.3 is 5.21 Å². The number of hydrogen-bond donors (Lipinski definition) is 1. The molecule has 0 aliphatic rings. The van der Waals surface area contributed by atoms with Crippen molar-refractivity contribution >= 4 is 33.2 Å². The largest absolute Gasteiger partial charge is 0.411 e. The Balaban J connectivity index is 2.47. The van der Waals surface area contributed by atoms with Gasteiger partial charge in [-0.2, -0.15) is 0 Å². The molecule has 6 heteroatoms. The van der Waals surface area contributed by atoms with Crippen LogP contribution in [-0.2, 0) is 5.41 Å². The summed E-state index contributed by atoms with van der Waals surface area (Å²) in [6.45, 7) is 3.53. The van der Waals surface area contributed by atoms with Gasteiger partial charge in [-0.15, -0.1) is 0 Å². The number of pyridine rings is 1. The topological polar surface area (TPSA) is 45.5 Å². The van der Waals surface area contributed by atoms with Gasteiger partial charge in [-0.25, -0.2) is 4.39 Å². The van der Waals surface area contributed by atoms with E-state index in [1.54, 1.807) is 31.3 Å². The first kappa shape index (κ1) is 19.5. The molecule has 1 unspecified atom stereocenters. The van der Waals surface area contributed by atoms with Gasteiger partial charge in [-0.1, -0.05) is 50.9 Å². The molecule has 0 saturated carbocycles. The van der Waals surface area contributed by atoms with Crippen LogP contribution in [0.4, 0.5) is 4.39 Å². The second-order valence-corrected chi connectivity index (χ2v) is 7.60. The Kier molecular flexibility index (Phi) is 5.63. The van der Waals surface area contributed by atoms with Crippen molar-refractivity contribution in [2.24, 2.45) is 5.16 Å². The van der Waals surface area contributed by atoms with Gasteiger partial charge in [0.2, 0.25) is 0 Å². The lowest BCUT2D eigenvalue weighted by atomic mass is 9.66. The van der Waals surface area contributed by atoms with E-state index in [1.165, 1.54) is 6.07 Å². The first-order valence-corrected chi connectivity index (χ1v) is 9.40. The van der Waals surface area contributed by atoms with E-state index in [9.17, 15) is 5.21 Å². The van der Waals surface area contributed by atoms with E-state index < -0.39 is 11.2 Å². The summed E-state index contributed by atoms with van der Waals surface area (Å²) >= 11 is 9.42. The van der Waals surface area contributed by atoms with Crippen LogP contribution in [0.1, 0.15) is 29.3 Å². The fourth-order valence-electron chi connectivity index (χ4n) is 3.44. The van der Waals surface area contributed by atoms with E-state index in [0.29, 0.717) is 16.3 Å². The molecular weight excluding hydrogens is 431 g/mol. The molecule has 1 N–H and O–H groups in total. The summed E-state index contributed by atoms with van der Waals surface area (Å²) in [6.07, 6.45) is 1.66. The van der Waals surface area contributed by atoms with Gasteiger partial charge in [0.1, 0.15) is 5.82 Å². The summed E-state index contributed by atoms with van der Waals surface area (Å²) in [5, 5.41) is 13.5. The zero-order chi connectivity index (χ0) is 19.6. The van der Waals surface area contributed by atoms with Crippen LogP contribution in [0.5, 0.6) is 0 Å². The summed E-state index contributed by atoms with van der Waals surface area (Å²) in [6, 6.07) is 15.7. The van der Waals surface area contributed by atoms with Gasteiger partial charge in [0.25, 0.3) is 0 Å². The van der Waals surface area contributed by atoms with E-state index in [1.807, 2.05) is 37.3 Å². The van der Waals surface area contributed by atoms with Gasteiger partial charge in [0, 0.05) is 26.9 Å². The van der Waals surface area contributed by atoms with Crippen LogP contribution in [0, 0.1) is 12.7 Å². The van der Waals surface area contributed by atoms with Gasteiger partial charge >= 0.3 is 0 Å². The maximum Gasteiger partial charge on any atom is 0.129 e. The molecule has 138 valence electrons. The van der Waals surface area contributed by atoms with Crippen molar-refractivity contribution in [1.82, 2.24) is 4.98 Å². The van der Waals surface area contributed by atoms with E-state index in [0.717, 1.165) is 21.3 Å². The van der Waals surface area contributed by atoms with Gasteiger partial charge in [-0.05, 0) is 61.4 Å². The summed E-state index contributed by atoms with van der Waals surface area (Å²) < 4.78 is 16.0. The third-order valence-corrected chi connectivity index (χ3v) is 5.40. The van der Waals surface area contributed by atoms with Gasteiger partial charge in [0.05, 0.1) is 11.1 Å². The van der Waals surface area contributed by atoms with Gasteiger partial charge in [0.15, 0.2) is 0 Å². The van der Waals surface area contributed by atoms with Crippen LogP contribution in [0.15, 0.2) is 70.4 Å². The molecule has 0 radical (unpaired) electrons. The minimum absolute atomic E-state index is 0.297. The normalized spacial score (nSPS) is 14.0. The molecule has 0 aliphatic carbocycles. The molecule has 0 spiro atoms. The predicted molar refractivity (Wildman–Crippen MR) is 109 cm³/mol. The Hall–Kier alpha value is -2.24. The predicted octanol–water partition coefficient (Wildman–Crippen LogP) is 6.13. The van der Waals surface area contributed by atoms with Crippen LogP contribution < -0.4 is 0 Å². The summed E-state index contributed by atoms with van der Waals surface area (Å²) in [4.78, 5) is 4.25. The van der Waals surface area contributed by atoms with Crippen LogP contribution >= 0.6 is 27.5 Å². The lowest BCUT2D eigenvalue weighted by Crippen LogP contribution is -2.38. The monoisotopic (exact) mass is 446 g/mol. The second-order valence-electron chi connectivity index (χ2n) is 6.25. The minimum atomic E-state index is -1.14. The van der Waals surface area contributed by atoms with Crippen molar-refractivity contribution in [1.29, 1.82) is 0 Å². The quantitative estimate of drug-likeness (QED) is 0.297. The number of oxime groups is 1. The zero-order valence-electron chi connectivity index (χ0n) is 14.7. The summed E-state index contributed by atoms with van der Waals surface area (Å²) in [7, 11) is 0. The summed E-state index contributed by atoms with van der Waals surface area (Å²) in [5.74, 6) is -0.483. The average Bonchev–Trinajstić information content (AvgIpc) is 2.65. The van der Waals surface area contributed by atoms with Crippen molar-refractivity contribution in [2.45, 2.75) is 19.3 Å². The first-order valence-electron chi connectivity index (χ1n) is 8.23. The zero-order valence-corrected chi connectivity index (χ0v) is 17.1. The van der Waals surface area contributed by atoms with E-state index >= 15 is 4.39 Å². The van der Waals surface area contributed by atoms with Crippen LogP contribution in [0.25, 0.3) is 0 Å². The molecule has 0 bridgehead atoms. The molecular formula is C21H17BrClFN2O. The number of rotatable bonds is 4. The van der Waals surface area contributed by atoms with Crippen LogP contribution in [-0.4, -0.2) is 15.9 Å². The summed E-state index contributed by atoms with van der Waals surface area (Å²) in [5.41, 5.74) is 1.81. The third-order valence-electron chi connectivity index (χ3n) is 4.63. The molecule has 1 heterocycles. The van der Waals surface area contributed by atoms with Crippen LogP contribution in [0.2, 0.25) is 5.02 Å². The Labute approximate surface area is 170 Å². The highest BCUT2D eigenvalue weighted by Crippen LogP contribution is 2.42. The van der Waals surface area contributed by atoms with Crippen molar-refractivity contribution in [3.63, 3.8) is 0 Å². The number of aryl methyl sites for hydroxylation is 1. The second kappa shape index (κ2) is 7.79. The van der Waals surface area contributed by atoms with E-state index in [4.69, 9.17) is 11.6 Å². The number of benzene rings is 2. The molecule has 3 nitrogen and oxygen atoms in total. The molecule has 1 aromatic heterocycles. The maximum atomic E-state index is 15.1. The molecule has 1 atom stereocenters. The van der Waals surface area contributed by atoms with E-state index in [-0.39, 0.29) is 0 Å². The smallest absolute Gasteiger partial charge is 0.129 e. The standard InChI is InChI=1S/C21H17BrClFN2O/c1-13-11-16(9-10-25-13)21(14(2)26-27,15-3-5-17(22)6-4-15)19-8-7-18(23)12-20(19)24/h3-12,27H,1-2H3/b26-14-. The fourth-order valence-corrected chi connectivity index (χ4v) is 3.86.